The smallest absolute Gasteiger partial charge is 0.0262 e. The first kappa shape index (κ1) is 8.15. The van der Waals surface area contributed by atoms with Crippen molar-refractivity contribution in [2.75, 3.05) is 0 Å². The van der Waals surface area contributed by atoms with Crippen molar-refractivity contribution in [3.05, 3.63) is 48.6 Å². The highest BCUT2D eigenvalue weighted by Crippen LogP contribution is 2.04. The average Bonchev–Trinajstić information content (AvgIpc) is 2.07. The predicted molar refractivity (Wildman–Crippen MR) is 53.0 cm³/mol. The van der Waals surface area contributed by atoms with Gasteiger partial charge in [0.1, 0.15) is 0 Å². The van der Waals surface area contributed by atoms with E-state index in [1.54, 1.807) is 0 Å². The summed E-state index contributed by atoms with van der Waals surface area (Å²) in [6.45, 7) is 3.64. The van der Waals surface area contributed by atoms with E-state index >= 15 is 0 Å². The van der Waals surface area contributed by atoms with Crippen LogP contribution in [-0.2, 0) is 0 Å². The first-order valence-corrected chi connectivity index (χ1v) is 3.94. The number of hydrogen-bond donors (Lipinski definition) is 0. The Bertz CT molecular complexity index is 249. The lowest BCUT2D eigenvalue weighted by Crippen LogP contribution is -1.93. The van der Waals surface area contributed by atoms with Gasteiger partial charge in [0.2, 0.25) is 0 Å². The minimum atomic E-state index is 0.791. The molecule has 1 rings (SSSR count). The van der Waals surface area contributed by atoms with Crippen LogP contribution in [0.4, 0.5) is 0 Å². The van der Waals surface area contributed by atoms with E-state index in [9.17, 15) is 0 Å². The summed E-state index contributed by atoms with van der Waals surface area (Å²) in [5, 5.41) is 0. The van der Waals surface area contributed by atoms with E-state index in [1.165, 1.54) is 0 Å². The summed E-state index contributed by atoms with van der Waals surface area (Å²) in [6.07, 6.45) is 2.62. The molecule has 0 amide bonds. The summed E-state index contributed by atoms with van der Waals surface area (Å²) in [4.78, 5) is 0.959. The van der Waals surface area contributed by atoms with Crippen molar-refractivity contribution >= 4 is 17.1 Å². The molecule has 0 atom stereocenters. The van der Waals surface area contributed by atoms with Gasteiger partial charge in [-0.05, 0) is 5.56 Å². The lowest BCUT2D eigenvalue weighted by molar-refractivity contribution is 1.51. The maximum atomic E-state index is 5.15. The molecule has 0 saturated carbocycles. The van der Waals surface area contributed by atoms with Crippen LogP contribution in [0, 0.1) is 0 Å². The molecule has 1 aromatic rings. The minimum absolute atomic E-state index is 0.791. The highest BCUT2D eigenvalue weighted by molar-refractivity contribution is 7.80. The van der Waals surface area contributed by atoms with E-state index in [0.717, 1.165) is 16.8 Å². The molecule has 0 unspecified atom stereocenters. The molecule has 0 aliphatic rings. The molecule has 0 bridgehead atoms. The van der Waals surface area contributed by atoms with Gasteiger partial charge in [0.15, 0.2) is 0 Å². The molecular weight excluding hydrogens is 152 g/mol. The zero-order chi connectivity index (χ0) is 8.10. The van der Waals surface area contributed by atoms with E-state index in [1.807, 2.05) is 36.4 Å². The van der Waals surface area contributed by atoms with Crippen molar-refractivity contribution in [1.82, 2.24) is 0 Å². The maximum absolute atomic E-state index is 5.15. The zero-order valence-corrected chi connectivity index (χ0v) is 7.10. The standard InChI is InChI=1S/C10H10S/c1-2-6-10(11)9-7-4-3-5-8-9/h2-5,7-8H,1,6H2. The fourth-order valence-electron chi connectivity index (χ4n) is 0.873. The van der Waals surface area contributed by atoms with Crippen molar-refractivity contribution in [2.45, 2.75) is 6.42 Å². The van der Waals surface area contributed by atoms with E-state index in [2.05, 4.69) is 6.58 Å². The largest absolute Gasteiger partial charge is 0.103 e. The van der Waals surface area contributed by atoms with Crippen molar-refractivity contribution in [2.24, 2.45) is 0 Å². The molecular formula is C10H10S. The van der Waals surface area contributed by atoms with Gasteiger partial charge in [0, 0.05) is 11.3 Å². The van der Waals surface area contributed by atoms with Crippen LogP contribution in [0.15, 0.2) is 43.0 Å². The van der Waals surface area contributed by atoms with E-state index < -0.39 is 0 Å². The quantitative estimate of drug-likeness (QED) is 0.374. The number of thiocarbonyl (C=S) groups is 1. The van der Waals surface area contributed by atoms with Gasteiger partial charge < -0.3 is 0 Å². The number of rotatable bonds is 3. The van der Waals surface area contributed by atoms with Gasteiger partial charge in [-0.15, -0.1) is 6.58 Å². The molecule has 11 heavy (non-hydrogen) atoms. The van der Waals surface area contributed by atoms with E-state index in [4.69, 9.17) is 12.2 Å². The Hall–Kier alpha value is -0.950. The van der Waals surface area contributed by atoms with Crippen LogP contribution in [0.1, 0.15) is 12.0 Å². The second-order valence-electron chi connectivity index (χ2n) is 2.28. The van der Waals surface area contributed by atoms with Gasteiger partial charge in [-0.1, -0.05) is 48.6 Å². The van der Waals surface area contributed by atoms with Crippen molar-refractivity contribution in [3.8, 4) is 0 Å². The van der Waals surface area contributed by atoms with Gasteiger partial charge in [-0.25, -0.2) is 0 Å². The van der Waals surface area contributed by atoms with E-state index in [-0.39, 0.29) is 0 Å². The van der Waals surface area contributed by atoms with Gasteiger partial charge in [0.05, 0.1) is 0 Å². The second-order valence-corrected chi connectivity index (χ2v) is 2.77. The molecule has 0 fully saturated rings. The predicted octanol–water partition coefficient (Wildman–Crippen LogP) is 2.98. The SMILES string of the molecule is C=CCC(=S)c1ccccc1. The third-order valence-electron chi connectivity index (χ3n) is 1.43. The summed E-state index contributed by atoms with van der Waals surface area (Å²) in [6, 6.07) is 10.0. The Morgan fingerprint density at radius 2 is 2.00 bits per heavy atom. The van der Waals surface area contributed by atoms with E-state index in [0.29, 0.717) is 0 Å². The topological polar surface area (TPSA) is 0 Å². The van der Waals surface area contributed by atoms with Crippen LogP contribution >= 0.6 is 12.2 Å². The second kappa shape index (κ2) is 4.04. The van der Waals surface area contributed by atoms with Crippen LogP contribution in [-0.4, -0.2) is 4.86 Å². The molecule has 1 heteroatoms. The number of hydrogen-bond acceptors (Lipinski definition) is 1. The molecule has 0 aromatic heterocycles. The van der Waals surface area contributed by atoms with Gasteiger partial charge >= 0.3 is 0 Å². The Labute approximate surface area is 72.6 Å². The highest BCUT2D eigenvalue weighted by atomic mass is 32.1. The molecule has 0 nitrogen and oxygen atoms in total. The molecule has 0 radical (unpaired) electrons. The van der Waals surface area contributed by atoms with Gasteiger partial charge in [0.25, 0.3) is 0 Å². The lowest BCUT2D eigenvalue weighted by atomic mass is 10.1. The summed E-state index contributed by atoms with van der Waals surface area (Å²) in [5.41, 5.74) is 1.13. The molecule has 0 spiro atoms. The Morgan fingerprint density at radius 3 is 2.55 bits per heavy atom. The number of benzene rings is 1. The molecule has 0 aliphatic carbocycles. The average molecular weight is 162 g/mol. The molecule has 0 heterocycles. The van der Waals surface area contributed by atoms with Crippen molar-refractivity contribution in [3.63, 3.8) is 0 Å². The monoisotopic (exact) mass is 162 g/mol. The van der Waals surface area contributed by atoms with Crippen LogP contribution < -0.4 is 0 Å². The summed E-state index contributed by atoms with van der Waals surface area (Å²) >= 11 is 5.15. The molecule has 1 aromatic carbocycles. The number of allylic oxidation sites excluding steroid dienone is 1. The third-order valence-corrected chi connectivity index (χ3v) is 1.83. The molecule has 56 valence electrons. The Morgan fingerprint density at radius 1 is 1.36 bits per heavy atom. The fraction of sp³-hybridized carbons (Fsp3) is 0.100. The molecule has 0 N–H and O–H groups in total. The van der Waals surface area contributed by atoms with Crippen molar-refractivity contribution < 1.29 is 0 Å². The van der Waals surface area contributed by atoms with Crippen LogP contribution in [0.5, 0.6) is 0 Å². The summed E-state index contributed by atoms with van der Waals surface area (Å²) < 4.78 is 0. The van der Waals surface area contributed by atoms with Crippen molar-refractivity contribution in [1.29, 1.82) is 0 Å². The Kier molecular flexibility index (Phi) is 2.99. The van der Waals surface area contributed by atoms with Crippen LogP contribution in [0.25, 0.3) is 0 Å². The van der Waals surface area contributed by atoms with Gasteiger partial charge in [-0.3, -0.25) is 0 Å². The summed E-state index contributed by atoms with van der Waals surface area (Å²) in [5.74, 6) is 0. The van der Waals surface area contributed by atoms with Crippen LogP contribution in [0.2, 0.25) is 0 Å². The molecule has 0 aliphatic heterocycles. The zero-order valence-electron chi connectivity index (χ0n) is 6.29. The minimum Gasteiger partial charge on any atom is -0.103 e. The maximum Gasteiger partial charge on any atom is 0.0262 e. The highest BCUT2D eigenvalue weighted by Gasteiger charge is 1.95. The first-order valence-electron chi connectivity index (χ1n) is 3.53. The fourth-order valence-corrected chi connectivity index (χ4v) is 1.13. The normalized spacial score (nSPS) is 9.09. The summed E-state index contributed by atoms with van der Waals surface area (Å²) in [7, 11) is 0. The van der Waals surface area contributed by atoms with Crippen LogP contribution in [0.3, 0.4) is 0 Å². The third kappa shape index (κ3) is 2.28. The van der Waals surface area contributed by atoms with Gasteiger partial charge in [-0.2, -0.15) is 0 Å². The molecule has 0 saturated heterocycles. The lowest BCUT2D eigenvalue weighted by Gasteiger charge is -1.98. The Balaban J connectivity index is 2.77. The first-order chi connectivity index (χ1) is 5.34.